The van der Waals surface area contributed by atoms with Crippen molar-refractivity contribution in [3.63, 3.8) is 0 Å². The maximum absolute atomic E-state index is 6.00. The van der Waals surface area contributed by atoms with Crippen LogP contribution in [0.1, 0.15) is 0 Å². The summed E-state index contributed by atoms with van der Waals surface area (Å²) in [4.78, 5) is 6.00. The lowest BCUT2D eigenvalue weighted by atomic mass is 10.4. The van der Waals surface area contributed by atoms with E-state index < -0.39 is 0 Å². The Hall–Kier alpha value is -0.280. The molecule has 7 heteroatoms. The lowest BCUT2D eigenvalue weighted by Gasteiger charge is -2.27. The lowest BCUT2D eigenvalue weighted by molar-refractivity contribution is -0.328. The van der Waals surface area contributed by atoms with Crippen molar-refractivity contribution in [2.75, 3.05) is 52.6 Å². The van der Waals surface area contributed by atoms with Gasteiger partial charge in [0.15, 0.2) is 0 Å². The molecule has 4 aliphatic rings. The second kappa shape index (κ2) is 5.25. The highest BCUT2D eigenvalue weighted by Gasteiger charge is 2.36. The van der Waals surface area contributed by atoms with Crippen molar-refractivity contribution in [2.45, 2.75) is 24.4 Å². The molecule has 0 spiro atoms. The molecule has 0 bridgehead atoms. The van der Waals surface area contributed by atoms with Crippen LogP contribution in [0.25, 0.3) is 0 Å². The molecule has 4 atom stereocenters. The molecule has 0 aromatic heterocycles. The molecule has 4 aliphatic heterocycles. The van der Waals surface area contributed by atoms with Crippen LogP contribution in [-0.2, 0) is 23.9 Å². The van der Waals surface area contributed by atoms with Crippen molar-refractivity contribution in [1.29, 1.82) is 0 Å². The highest BCUT2D eigenvalue weighted by molar-refractivity contribution is 4.79. The van der Waals surface area contributed by atoms with E-state index in [0.29, 0.717) is 24.4 Å². The fourth-order valence-electron chi connectivity index (χ4n) is 2.05. The third-order valence-corrected chi connectivity index (χ3v) is 3.47. The minimum Gasteiger partial charge on any atom is -0.372 e. The summed E-state index contributed by atoms with van der Waals surface area (Å²) in [6, 6.07) is 0. The van der Waals surface area contributed by atoms with Crippen LogP contribution in [0.2, 0.25) is 0 Å². The third kappa shape index (κ3) is 4.35. The second-order valence-corrected chi connectivity index (χ2v) is 5.60. The molecule has 4 rings (SSSR count). The number of hydrogen-bond donors (Lipinski definition) is 0. The van der Waals surface area contributed by atoms with Gasteiger partial charge in [-0.15, -0.1) is 0 Å². The van der Waals surface area contributed by atoms with Gasteiger partial charge in [0.2, 0.25) is 0 Å². The summed E-state index contributed by atoms with van der Waals surface area (Å²) in [6.45, 7) is 6.54. The van der Waals surface area contributed by atoms with E-state index in [4.69, 9.17) is 23.9 Å². The smallest absolute Gasteiger partial charge is 0.0960 e. The normalized spacial score (nSPS) is 38.8. The van der Waals surface area contributed by atoms with Crippen LogP contribution in [0.3, 0.4) is 0 Å². The first-order chi connectivity index (χ1) is 9.35. The first kappa shape index (κ1) is 12.5. The van der Waals surface area contributed by atoms with Crippen molar-refractivity contribution in [1.82, 2.24) is 10.1 Å². The van der Waals surface area contributed by atoms with Gasteiger partial charge in [-0.3, -0.25) is 0 Å². The average molecular weight is 272 g/mol. The van der Waals surface area contributed by atoms with Crippen molar-refractivity contribution in [2.24, 2.45) is 0 Å². The Kier molecular flexibility index (Phi) is 3.44. The minimum atomic E-state index is 0.315. The van der Waals surface area contributed by atoms with Crippen LogP contribution >= 0.6 is 0 Å². The van der Waals surface area contributed by atoms with E-state index in [9.17, 15) is 0 Å². The number of nitrogens with zero attached hydrogens (tertiary/aromatic N) is 2. The topological polar surface area (TPSA) is 65.8 Å². The lowest BCUT2D eigenvalue weighted by Crippen LogP contribution is -2.42. The van der Waals surface area contributed by atoms with Gasteiger partial charge < -0.3 is 18.9 Å². The Balaban J connectivity index is 1.29. The molecular weight excluding hydrogens is 252 g/mol. The van der Waals surface area contributed by atoms with Crippen LogP contribution < -0.4 is 0 Å². The Bertz CT molecular complexity index is 257. The van der Waals surface area contributed by atoms with Crippen molar-refractivity contribution in [3.8, 4) is 0 Å². The van der Waals surface area contributed by atoms with Gasteiger partial charge in [-0.2, -0.15) is 10.1 Å². The van der Waals surface area contributed by atoms with E-state index in [1.165, 1.54) is 0 Å². The van der Waals surface area contributed by atoms with E-state index in [2.05, 4.69) is 0 Å². The number of hydroxylamine groups is 4. The first-order valence-electron chi connectivity index (χ1n) is 6.99. The van der Waals surface area contributed by atoms with Gasteiger partial charge in [-0.05, 0) is 0 Å². The van der Waals surface area contributed by atoms with Gasteiger partial charge in [0.05, 0.1) is 77.0 Å². The van der Waals surface area contributed by atoms with Crippen molar-refractivity contribution >= 4 is 0 Å². The third-order valence-electron chi connectivity index (χ3n) is 3.47. The predicted molar refractivity (Wildman–Crippen MR) is 63.2 cm³/mol. The molecular formula is C12H20N2O5. The molecule has 0 aromatic carbocycles. The average Bonchev–Trinajstić information content (AvgIpc) is 3.17. The largest absolute Gasteiger partial charge is 0.372 e. The van der Waals surface area contributed by atoms with Gasteiger partial charge in [0, 0.05) is 0 Å². The van der Waals surface area contributed by atoms with Crippen LogP contribution in [0.4, 0.5) is 0 Å². The van der Waals surface area contributed by atoms with E-state index in [1.807, 2.05) is 10.1 Å². The summed E-state index contributed by atoms with van der Waals surface area (Å²) in [5.74, 6) is 0. The number of ether oxygens (including phenoxy) is 4. The van der Waals surface area contributed by atoms with E-state index >= 15 is 0 Å². The maximum atomic E-state index is 6.00. The quantitative estimate of drug-likeness (QED) is 0.374. The molecule has 108 valence electrons. The van der Waals surface area contributed by atoms with Gasteiger partial charge in [0.25, 0.3) is 0 Å². The summed E-state index contributed by atoms with van der Waals surface area (Å²) in [7, 11) is 0. The summed E-state index contributed by atoms with van der Waals surface area (Å²) in [6.07, 6.45) is 1.26. The molecule has 4 saturated heterocycles. The first-order valence-corrected chi connectivity index (χ1v) is 6.99. The summed E-state index contributed by atoms with van der Waals surface area (Å²) >= 11 is 0. The van der Waals surface area contributed by atoms with Crippen molar-refractivity contribution in [3.05, 3.63) is 0 Å². The zero-order valence-corrected chi connectivity index (χ0v) is 10.9. The highest BCUT2D eigenvalue weighted by Crippen LogP contribution is 2.20. The zero-order valence-electron chi connectivity index (χ0n) is 10.9. The van der Waals surface area contributed by atoms with Crippen LogP contribution in [0, 0.1) is 0 Å². The van der Waals surface area contributed by atoms with E-state index in [-0.39, 0.29) is 0 Å². The molecule has 0 N–H and O–H groups in total. The predicted octanol–water partition coefficient (Wildman–Crippen LogP) is -0.968. The summed E-state index contributed by atoms with van der Waals surface area (Å²) < 4.78 is 21.1. The van der Waals surface area contributed by atoms with Gasteiger partial charge >= 0.3 is 0 Å². The molecule has 0 aliphatic carbocycles. The molecule has 0 radical (unpaired) electrons. The molecule has 4 unspecified atom stereocenters. The molecule has 4 heterocycles. The monoisotopic (exact) mass is 272 g/mol. The minimum absolute atomic E-state index is 0.315. The summed E-state index contributed by atoms with van der Waals surface area (Å²) in [5, 5.41) is 3.92. The van der Waals surface area contributed by atoms with E-state index in [1.54, 1.807) is 0 Å². The van der Waals surface area contributed by atoms with Crippen LogP contribution in [0.5, 0.6) is 0 Å². The Morgan fingerprint density at radius 3 is 1.11 bits per heavy atom. The fourth-order valence-corrected chi connectivity index (χ4v) is 2.05. The number of hydrogen-bond acceptors (Lipinski definition) is 7. The molecule has 0 aromatic rings. The second-order valence-electron chi connectivity index (χ2n) is 5.60. The number of epoxide rings is 4. The van der Waals surface area contributed by atoms with Gasteiger partial charge in [-0.1, -0.05) is 0 Å². The molecule has 0 saturated carbocycles. The molecule has 19 heavy (non-hydrogen) atoms. The van der Waals surface area contributed by atoms with Crippen LogP contribution in [-0.4, -0.2) is 87.1 Å². The van der Waals surface area contributed by atoms with Gasteiger partial charge in [-0.25, -0.2) is 4.94 Å². The van der Waals surface area contributed by atoms with Gasteiger partial charge in [0.1, 0.15) is 0 Å². The SMILES string of the molecule is C1OC1CN(CC1CO1)ON(CC1CO1)CC1CO1. The maximum Gasteiger partial charge on any atom is 0.0960 e. The zero-order chi connectivity index (χ0) is 12.7. The highest BCUT2D eigenvalue weighted by atomic mass is 16.8. The Labute approximate surface area is 112 Å². The Morgan fingerprint density at radius 1 is 0.632 bits per heavy atom. The van der Waals surface area contributed by atoms with E-state index in [0.717, 1.165) is 52.6 Å². The molecule has 7 nitrogen and oxygen atoms in total. The van der Waals surface area contributed by atoms with Crippen LogP contribution in [0.15, 0.2) is 0 Å². The standard InChI is InChI=1S/C12H20N2O5/c1(9-5-15-9)13(2-10-6-16-10)19-14(3-11-7-17-11)4-12-8-18-12/h9-12H,1-8H2. The summed E-state index contributed by atoms with van der Waals surface area (Å²) in [5.41, 5.74) is 0. The van der Waals surface area contributed by atoms with Crippen molar-refractivity contribution < 1.29 is 23.9 Å². The Morgan fingerprint density at radius 2 is 0.895 bits per heavy atom. The molecule has 0 amide bonds. The fraction of sp³-hybridized carbons (Fsp3) is 1.00. The molecule has 4 fully saturated rings. The number of rotatable bonds is 10.